The molecular weight excluding hydrogens is 330 g/mol. The molecule has 26 heavy (non-hydrogen) atoms. The summed E-state index contributed by atoms with van der Waals surface area (Å²) >= 11 is 0. The Morgan fingerprint density at radius 2 is 1.81 bits per heavy atom. The number of benzene rings is 1. The summed E-state index contributed by atoms with van der Waals surface area (Å²) in [6.07, 6.45) is 2.30. The Bertz CT molecular complexity index is 815. The van der Waals surface area contributed by atoms with E-state index in [4.69, 9.17) is 0 Å². The van der Waals surface area contributed by atoms with Crippen molar-refractivity contribution in [3.8, 4) is 0 Å². The van der Waals surface area contributed by atoms with Gasteiger partial charge < -0.3 is 10.6 Å². The van der Waals surface area contributed by atoms with Crippen LogP contribution < -0.4 is 10.6 Å². The maximum atomic E-state index is 12.4. The first-order valence-corrected chi connectivity index (χ1v) is 8.53. The summed E-state index contributed by atoms with van der Waals surface area (Å²) in [7, 11) is 0. The van der Waals surface area contributed by atoms with Gasteiger partial charge >= 0.3 is 0 Å². The van der Waals surface area contributed by atoms with Gasteiger partial charge in [-0.2, -0.15) is 0 Å². The highest BCUT2D eigenvalue weighted by atomic mass is 16.2. The third-order valence-corrected chi connectivity index (χ3v) is 3.79. The minimum atomic E-state index is -0.371. The number of aromatic nitrogens is 1. The number of Topliss-reactive ketones (excluding diaryl/α,β-unsaturated/α-hetero) is 1. The van der Waals surface area contributed by atoms with Gasteiger partial charge in [0, 0.05) is 29.6 Å². The molecule has 2 rings (SSSR count). The molecule has 0 saturated heterocycles. The third-order valence-electron chi connectivity index (χ3n) is 3.79. The SMILES string of the molecule is CC(=O)c1cccc(NC(=O)c2ccnc(C(=O)NCCC(C)C)c2)c1. The van der Waals surface area contributed by atoms with Crippen molar-refractivity contribution in [2.24, 2.45) is 5.92 Å². The van der Waals surface area contributed by atoms with Crippen LogP contribution in [0.25, 0.3) is 0 Å². The number of carbonyl (C=O) groups excluding carboxylic acids is 3. The Morgan fingerprint density at radius 3 is 2.50 bits per heavy atom. The van der Waals surface area contributed by atoms with Crippen LogP contribution in [-0.4, -0.2) is 29.1 Å². The molecule has 6 nitrogen and oxygen atoms in total. The van der Waals surface area contributed by atoms with Gasteiger partial charge in [0.05, 0.1) is 0 Å². The average molecular weight is 353 g/mol. The molecule has 0 unspecified atom stereocenters. The number of ketones is 1. The van der Waals surface area contributed by atoms with Crippen molar-refractivity contribution in [2.75, 3.05) is 11.9 Å². The topological polar surface area (TPSA) is 88.2 Å². The first kappa shape index (κ1) is 19.3. The predicted octanol–water partition coefficient (Wildman–Crippen LogP) is 3.31. The van der Waals surface area contributed by atoms with Crippen LogP contribution >= 0.6 is 0 Å². The third kappa shape index (κ3) is 5.51. The summed E-state index contributed by atoms with van der Waals surface area (Å²) in [6, 6.07) is 9.69. The monoisotopic (exact) mass is 353 g/mol. The molecule has 2 amide bonds. The smallest absolute Gasteiger partial charge is 0.269 e. The van der Waals surface area contributed by atoms with Gasteiger partial charge in [0.1, 0.15) is 5.69 Å². The molecule has 0 aliphatic heterocycles. The van der Waals surface area contributed by atoms with Gasteiger partial charge in [-0.1, -0.05) is 26.0 Å². The van der Waals surface area contributed by atoms with E-state index >= 15 is 0 Å². The van der Waals surface area contributed by atoms with E-state index in [2.05, 4.69) is 29.5 Å². The van der Waals surface area contributed by atoms with Crippen LogP contribution in [0.1, 0.15) is 58.4 Å². The Morgan fingerprint density at radius 1 is 1.04 bits per heavy atom. The van der Waals surface area contributed by atoms with Crippen LogP contribution in [0.5, 0.6) is 0 Å². The average Bonchev–Trinajstić information content (AvgIpc) is 2.61. The molecule has 0 aliphatic rings. The fourth-order valence-electron chi connectivity index (χ4n) is 2.28. The predicted molar refractivity (Wildman–Crippen MR) is 100 cm³/mol. The molecule has 0 saturated carbocycles. The lowest BCUT2D eigenvalue weighted by Crippen LogP contribution is -2.26. The number of carbonyl (C=O) groups is 3. The highest BCUT2D eigenvalue weighted by molar-refractivity contribution is 6.06. The minimum Gasteiger partial charge on any atom is -0.351 e. The molecule has 6 heteroatoms. The molecule has 1 heterocycles. The Kier molecular flexibility index (Phi) is 6.60. The fourth-order valence-corrected chi connectivity index (χ4v) is 2.28. The molecule has 0 radical (unpaired) electrons. The highest BCUT2D eigenvalue weighted by Gasteiger charge is 2.12. The fraction of sp³-hybridized carbons (Fsp3) is 0.300. The lowest BCUT2D eigenvalue weighted by Gasteiger charge is -2.09. The molecule has 1 aromatic heterocycles. The van der Waals surface area contributed by atoms with Crippen molar-refractivity contribution in [1.82, 2.24) is 10.3 Å². The van der Waals surface area contributed by atoms with Gasteiger partial charge in [0.15, 0.2) is 5.78 Å². The van der Waals surface area contributed by atoms with E-state index in [0.717, 1.165) is 6.42 Å². The summed E-state index contributed by atoms with van der Waals surface area (Å²) in [4.78, 5) is 40.0. The van der Waals surface area contributed by atoms with Gasteiger partial charge in [-0.25, -0.2) is 0 Å². The Balaban J connectivity index is 2.06. The lowest BCUT2D eigenvalue weighted by atomic mass is 10.1. The largest absolute Gasteiger partial charge is 0.351 e. The lowest BCUT2D eigenvalue weighted by molar-refractivity contribution is 0.0946. The van der Waals surface area contributed by atoms with Gasteiger partial charge in [-0.15, -0.1) is 0 Å². The number of pyridine rings is 1. The summed E-state index contributed by atoms with van der Waals surface area (Å²) in [6.45, 7) is 6.19. The first-order valence-electron chi connectivity index (χ1n) is 8.53. The molecule has 2 N–H and O–H groups in total. The van der Waals surface area contributed by atoms with Crippen molar-refractivity contribution in [3.63, 3.8) is 0 Å². The van der Waals surface area contributed by atoms with Crippen molar-refractivity contribution in [3.05, 3.63) is 59.4 Å². The van der Waals surface area contributed by atoms with Crippen LogP contribution in [0.15, 0.2) is 42.6 Å². The number of nitrogens with zero attached hydrogens (tertiary/aromatic N) is 1. The number of rotatable bonds is 7. The Labute approximate surface area is 153 Å². The second kappa shape index (κ2) is 8.89. The van der Waals surface area contributed by atoms with E-state index < -0.39 is 0 Å². The molecule has 2 aromatic rings. The Hall–Kier alpha value is -3.02. The normalized spacial score (nSPS) is 10.5. The summed E-state index contributed by atoms with van der Waals surface area (Å²) < 4.78 is 0. The van der Waals surface area contributed by atoms with Crippen molar-refractivity contribution in [2.45, 2.75) is 27.2 Å². The van der Waals surface area contributed by atoms with E-state index in [9.17, 15) is 14.4 Å². The van der Waals surface area contributed by atoms with Crippen molar-refractivity contribution >= 4 is 23.3 Å². The zero-order chi connectivity index (χ0) is 19.1. The first-order chi connectivity index (χ1) is 12.4. The highest BCUT2D eigenvalue weighted by Crippen LogP contribution is 2.13. The van der Waals surface area contributed by atoms with E-state index in [1.165, 1.54) is 25.3 Å². The zero-order valence-electron chi connectivity index (χ0n) is 15.2. The minimum absolute atomic E-state index is 0.0784. The molecule has 0 aliphatic carbocycles. The van der Waals surface area contributed by atoms with Crippen molar-refractivity contribution < 1.29 is 14.4 Å². The van der Waals surface area contributed by atoms with Gasteiger partial charge in [-0.05, 0) is 43.5 Å². The van der Waals surface area contributed by atoms with E-state index in [-0.39, 0.29) is 23.3 Å². The number of hydrogen-bond donors (Lipinski definition) is 2. The summed E-state index contributed by atoms with van der Waals surface area (Å²) in [5.74, 6) is -0.264. The second-order valence-corrected chi connectivity index (χ2v) is 6.46. The molecular formula is C20H23N3O3. The number of nitrogens with one attached hydrogen (secondary N) is 2. The van der Waals surface area contributed by atoms with E-state index in [1.807, 2.05) is 0 Å². The van der Waals surface area contributed by atoms with Gasteiger partial charge in [-0.3, -0.25) is 19.4 Å². The maximum Gasteiger partial charge on any atom is 0.269 e. The number of anilines is 1. The van der Waals surface area contributed by atoms with Gasteiger partial charge in [0.25, 0.3) is 11.8 Å². The van der Waals surface area contributed by atoms with Crippen LogP contribution in [0.3, 0.4) is 0 Å². The summed E-state index contributed by atoms with van der Waals surface area (Å²) in [5, 5.41) is 5.52. The molecule has 1 aromatic carbocycles. The standard InChI is InChI=1S/C20H23N3O3/c1-13(2)7-9-22-20(26)18-12-16(8-10-21-18)19(25)23-17-6-4-5-15(11-17)14(3)24/h4-6,8,10-13H,7,9H2,1-3H3,(H,22,26)(H,23,25). The maximum absolute atomic E-state index is 12.4. The molecule has 0 spiro atoms. The molecule has 0 bridgehead atoms. The molecule has 0 fully saturated rings. The van der Waals surface area contributed by atoms with E-state index in [1.54, 1.807) is 24.3 Å². The van der Waals surface area contributed by atoms with Gasteiger partial charge in [0.2, 0.25) is 0 Å². The molecule has 136 valence electrons. The zero-order valence-corrected chi connectivity index (χ0v) is 15.2. The quantitative estimate of drug-likeness (QED) is 0.748. The second-order valence-electron chi connectivity index (χ2n) is 6.46. The molecule has 0 atom stereocenters. The van der Waals surface area contributed by atoms with Crippen LogP contribution in [-0.2, 0) is 0 Å². The number of hydrogen-bond acceptors (Lipinski definition) is 4. The summed E-state index contributed by atoms with van der Waals surface area (Å²) in [5.41, 5.74) is 1.55. The van der Waals surface area contributed by atoms with Crippen LogP contribution in [0.4, 0.5) is 5.69 Å². The van der Waals surface area contributed by atoms with Crippen molar-refractivity contribution in [1.29, 1.82) is 0 Å². The van der Waals surface area contributed by atoms with Crippen LogP contribution in [0.2, 0.25) is 0 Å². The van der Waals surface area contributed by atoms with Crippen LogP contribution in [0, 0.1) is 5.92 Å². The van der Waals surface area contributed by atoms with E-state index in [0.29, 0.717) is 29.3 Å². The number of amides is 2.